The highest BCUT2D eigenvalue weighted by Crippen LogP contribution is 2.33. The van der Waals surface area contributed by atoms with Crippen molar-refractivity contribution in [2.24, 2.45) is 0 Å². The Morgan fingerprint density at radius 3 is 2.56 bits per heavy atom. The molecule has 2 N–H and O–H groups in total. The van der Waals surface area contributed by atoms with Crippen molar-refractivity contribution in [3.05, 3.63) is 70.9 Å². The minimum absolute atomic E-state index is 0.0940. The van der Waals surface area contributed by atoms with Crippen LogP contribution in [-0.4, -0.2) is 20.1 Å². The topological polar surface area (TPSA) is 66.4 Å². The maximum atomic E-state index is 13.6. The van der Waals surface area contributed by atoms with Crippen LogP contribution in [0.2, 0.25) is 0 Å². The minimum Gasteiger partial charge on any atom is -0.383 e. The van der Waals surface area contributed by atoms with Gasteiger partial charge in [-0.3, -0.25) is 0 Å². The Morgan fingerprint density at radius 1 is 1.16 bits per heavy atom. The Labute approximate surface area is 150 Å². The predicted molar refractivity (Wildman–Crippen MR) is 98.4 cm³/mol. The molecule has 0 saturated carbocycles. The van der Waals surface area contributed by atoms with Crippen molar-refractivity contribution >= 4 is 31.4 Å². The van der Waals surface area contributed by atoms with Crippen molar-refractivity contribution in [3.63, 3.8) is 0 Å². The summed E-state index contributed by atoms with van der Waals surface area (Å²) in [5, 5.41) is 11.7. The molecule has 0 bridgehead atoms. The summed E-state index contributed by atoms with van der Waals surface area (Å²) < 4.78 is 41.5. The molecule has 25 heavy (non-hydrogen) atoms. The lowest BCUT2D eigenvalue weighted by atomic mass is 10.1. The van der Waals surface area contributed by atoms with Crippen molar-refractivity contribution in [1.29, 1.82) is 0 Å². The Hall–Kier alpha value is -1.80. The Bertz CT molecular complexity index is 963. The third kappa shape index (κ3) is 4.24. The quantitative estimate of drug-likeness (QED) is 0.690. The largest absolute Gasteiger partial charge is 0.383 e. The zero-order valence-electron chi connectivity index (χ0n) is 13.6. The van der Waals surface area contributed by atoms with Crippen LogP contribution in [0.1, 0.15) is 17.4 Å². The number of hydrogen-bond acceptors (Lipinski definition) is 4. The molecule has 0 amide bonds. The molecule has 3 rings (SSSR count). The van der Waals surface area contributed by atoms with E-state index in [9.17, 15) is 17.9 Å². The van der Waals surface area contributed by atoms with E-state index in [1.54, 1.807) is 13.0 Å². The molecule has 4 nitrogen and oxygen atoms in total. The van der Waals surface area contributed by atoms with Gasteiger partial charge < -0.3 is 5.11 Å². The Balaban J connectivity index is 1.73. The van der Waals surface area contributed by atoms with Crippen LogP contribution in [0.25, 0.3) is 10.1 Å². The predicted octanol–water partition coefficient (Wildman–Crippen LogP) is 3.37. The third-order valence-electron chi connectivity index (χ3n) is 3.90. The highest BCUT2D eigenvalue weighted by Gasteiger charge is 2.28. The van der Waals surface area contributed by atoms with Gasteiger partial charge in [0.15, 0.2) is 0 Å². The number of benzene rings is 2. The van der Waals surface area contributed by atoms with Crippen molar-refractivity contribution < 1.29 is 17.9 Å². The van der Waals surface area contributed by atoms with E-state index in [2.05, 4.69) is 4.72 Å². The number of hydrogen-bond donors (Lipinski definition) is 2. The van der Waals surface area contributed by atoms with E-state index in [0.717, 1.165) is 10.1 Å². The first kappa shape index (κ1) is 18.0. The van der Waals surface area contributed by atoms with Crippen molar-refractivity contribution in [2.75, 3.05) is 6.54 Å². The fourth-order valence-corrected chi connectivity index (χ4v) is 4.81. The number of nitrogens with one attached hydrogen (secondary N) is 1. The number of sulfonamides is 1. The smallest absolute Gasteiger partial charge is 0.215 e. The van der Waals surface area contributed by atoms with E-state index in [1.807, 2.05) is 30.3 Å². The van der Waals surface area contributed by atoms with Gasteiger partial charge in [0.1, 0.15) is 11.4 Å². The summed E-state index contributed by atoms with van der Waals surface area (Å²) in [4.78, 5) is 0.669. The molecular formula is C18H18FNO3S2. The van der Waals surface area contributed by atoms with Gasteiger partial charge in [0.05, 0.1) is 5.75 Å². The molecule has 0 saturated heterocycles. The first-order chi connectivity index (χ1) is 11.8. The normalized spacial score (nSPS) is 14.5. The van der Waals surface area contributed by atoms with E-state index < -0.39 is 27.2 Å². The van der Waals surface area contributed by atoms with Gasteiger partial charge in [0.2, 0.25) is 10.0 Å². The molecule has 0 aliphatic carbocycles. The van der Waals surface area contributed by atoms with Gasteiger partial charge in [-0.25, -0.2) is 17.5 Å². The summed E-state index contributed by atoms with van der Waals surface area (Å²) in [6.07, 6.45) is 0. The number of aliphatic hydroxyl groups is 1. The molecule has 2 aromatic carbocycles. The highest BCUT2D eigenvalue weighted by molar-refractivity contribution is 7.88. The standard InChI is InChI=1S/C18H18FNO3S2/c1-18(21,17-10-13-6-3-5-9-16(13)24-17)12-20-25(22,23)11-14-7-2-4-8-15(14)19/h2-10,20-21H,11-12H2,1H3. The van der Waals surface area contributed by atoms with Gasteiger partial charge in [0.25, 0.3) is 0 Å². The van der Waals surface area contributed by atoms with E-state index in [4.69, 9.17) is 0 Å². The van der Waals surface area contributed by atoms with Crippen LogP contribution in [0.4, 0.5) is 4.39 Å². The number of thiophene rings is 1. The fourth-order valence-electron chi connectivity index (χ4n) is 2.46. The second kappa shape index (κ2) is 6.84. The van der Waals surface area contributed by atoms with Crippen LogP contribution >= 0.6 is 11.3 Å². The molecule has 0 fully saturated rings. The lowest BCUT2D eigenvalue weighted by Crippen LogP contribution is -2.38. The SMILES string of the molecule is CC(O)(CNS(=O)(=O)Cc1ccccc1F)c1cc2ccccc2s1. The zero-order chi connectivity index (χ0) is 18.1. The lowest BCUT2D eigenvalue weighted by Gasteiger charge is -2.22. The molecule has 1 heterocycles. The van der Waals surface area contributed by atoms with Gasteiger partial charge in [-0.1, -0.05) is 36.4 Å². The van der Waals surface area contributed by atoms with Gasteiger partial charge in [0, 0.05) is 21.7 Å². The summed E-state index contributed by atoms with van der Waals surface area (Å²) in [5.41, 5.74) is -1.26. The van der Waals surface area contributed by atoms with E-state index >= 15 is 0 Å². The summed E-state index contributed by atoms with van der Waals surface area (Å²) in [7, 11) is -3.77. The fraction of sp³-hybridized carbons (Fsp3) is 0.222. The van der Waals surface area contributed by atoms with Crippen LogP contribution in [0, 0.1) is 5.82 Å². The molecule has 1 atom stereocenters. The average Bonchev–Trinajstić information content (AvgIpc) is 3.00. The third-order valence-corrected chi connectivity index (χ3v) is 6.54. The van der Waals surface area contributed by atoms with Crippen LogP contribution in [0.5, 0.6) is 0 Å². The molecule has 0 aliphatic rings. The Kier molecular flexibility index (Phi) is 4.92. The molecular weight excluding hydrogens is 361 g/mol. The van der Waals surface area contributed by atoms with Crippen LogP contribution in [-0.2, 0) is 21.4 Å². The number of halogens is 1. The molecule has 1 unspecified atom stereocenters. The van der Waals surface area contributed by atoms with Crippen molar-refractivity contribution in [2.45, 2.75) is 18.3 Å². The van der Waals surface area contributed by atoms with Crippen molar-refractivity contribution in [1.82, 2.24) is 4.72 Å². The molecule has 0 spiro atoms. The molecule has 0 aliphatic heterocycles. The van der Waals surface area contributed by atoms with Crippen LogP contribution in [0.15, 0.2) is 54.6 Å². The molecule has 7 heteroatoms. The molecule has 3 aromatic rings. The Morgan fingerprint density at radius 2 is 1.84 bits per heavy atom. The molecule has 1 aromatic heterocycles. The number of fused-ring (bicyclic) bond motifs is 1. The summed E-state index contributed by atoms with van der Waals surface area (Å²) >= 11 is 1.42. The van der Waals surface area contributed by atoms with E-state index in [0.29, 0.717) is 4.88 Å². The van der Waals surface area contributed by atoms with Gasteiger partial charge in [-0.15, -0.1) is 11.3 Å². The maximum Gasteiger partial charge on any atom is 0.215 e. The number of rotatable bonds is 6. The second-order valence-electron chi connectivity index (χ2n) is 6.09. The summed E-state index contributed by atoms with van der Waals surface area (Å²) in [5.74, 6) is -1.04. The second-order valence-corrected chi connectivity index (χ2v) is 8.98. The van der Waals surface area contributed by atoms with Crippen molar-refractivity contribution in [3.8, 4) is 0 Å². The summed E-state index contributed by atoms with van der Waals surface area (Å²) in [6, 6.07) is 15.3. The zero-order valence-corrected chi connectivity index (χ0v) is 15.2. The van der Waals surface area contributed by atoms with Gasteiger partial charge >= 0.3 is 0 Å². The van der Waals surface area contributed by atoms with E-state index in [1.165, 1.54) is 29.5 Å². The maximum absolute atomic E-state index is 13.6. The summed E-state index contributed by atoms with van der Waals surface area (Å²) in [6.45, 7) is 1.37. The monoisotopic (exact) mass is 379 g/mol. The highest BCUT2D eigenvalue weighted by atomic mass is 32.2. The van der Waals surface area contributed by atoms with Crippen LogP contribution < -0.4 is 4.72 Å². The van der Waals surface area contributed by atoms with Gasteiger partial charge in [-0.05, 0) is 30.5 Å². The lowest BCUT2D eigenvalue weighted by molar-refractivity contribution is 0.0666. The molecule has 132 valence electrons. The first-order valence-corrected chi connectivity index (χ1v) is 10.2. The van der Waals surface area contributed by atoms with E-state index in [-0.39, 0.29) is 12.1 Å². The first-order valence-electron chi connectivity index (χ1n) is 7.69. The van der Waals surface area contributed by atoms with Crippen LogP contribution in [0.3, 0.4) is 0 Å². The van der Waals surface area contributed by atoms with Gasteiger partial charge in [-0.2, -0.15) is 0 Å². The average molecular weight is 379 g/mol. The minimum atomic E-state index is -3.77. The molecule has 0 radical (unpaired) electrons.